The van der Waals surface area contributed by atoms with Crippen molar-refractivity contribution >= 4 is 32.5 Å². The first-order valence-corrected chi connectivity index (χ1v) is 11.0. The van der Waals surface area contributed by atoms with E-state index in [0.29, 0.717) is 24.2 Å². The van der Waals surface area contributed by atoms with Gasteiger partial charge in [-0.3, -0.25) is 10.2 Å². The zero-order valence-electron chi connectivity index (χ0n) is 16.3. The Labute approximate surface area is 175 Å². The van der Waals surface area contributed by atoms with E-state index in [1.165, 1.54) is 4.31 Å². The minimum atomic E-state index is -3.62. The van der Waals surface area contributed by atoms with E-state index in [-0.39, 0.29) is 29.7 Å². The first-order valence-electron chi connectivity index (χ1n) is 9.59. The largest absolute Gasteiger partial charge is 0.384 e. The van der Waals surface area contributed by atoms with Crippen LogP contribution in [0.3, 0.4) is 0 Å². The van der Waals surface area contributed by atoms with Crippen LogP contribution in [-0.4, -0.2) is 55.5 Å². The molecule has 1 saturated heterocycles. The highest BCUT2D eigenvalue weighted by Crippen LogP contribution is 2.23. The standard InChI is InChI=1S/C22H22N4O3S/c23-21(24)17-5-7-18(8-6-17)22(27)25-11-13-26(14-12-25)30(28,29)20-10-9-16-3-1-2-4-19(16)15-20/h1-10,15H,11-14H2,(H3,23,24). The van der Waals surface area contributed by atoms with Crippen molar-refractivity contribution in [2.24, 2.45) is 5.73 Å². The van der Waals surface area contributed by atoms with E-state index in [1.807, 2.05) is 30.3 Å². The number of nitrogens with one attached hydrogen (secondary N) is 1. The molecule has 3 N–H and O–H groups in total. The molecule has 0 spiro atoms. The van der Waals surface area contributed by atoms with Gasteiger partial charge in [-0.05, 0) is 35.0 Å². The van der Waals surface area contributed by atoms with Crippen molar-refractivity contribution in [3.63, 3.8) is 0 Å². The van der Waals surface area contributed by atoms with Crippen molar-refractivity contribution in [3.05, 3.63) is 77.9 Å². The van der Waals surface area contributed by atoms with E-state index < -0.39 is 10.0 Å². The van der Waals surface area contributed by atoms with Crippen LogP contribution in [0, 0.1) is 5.41 Å². The van der Waals surface area contributed by atoms with Gasteiger partial charge in [0.1, 0.15) is 5.84 Å². The number of fused-ring (bicyclic) bond motifs is 1. The summed E-state index contributed by atoms with van der Waals surface area (Å²) in [6, 6.07) is 19.3. The van der Waals surface area contributed by atoms with Crippen molar-refractivity contribution in [2.75, 3.05) is 26.2 Å². The summed E-state index contributed by atoms with van der Waals surface area (Å²) in [6.45, 7) is 1.12. The first kappa shape index (κ1) is 20.1. The lowest BCUT2D eigenvalue weighted by atomic mass is 10.1. The third kappa shape index (κ3) is 3.79. The average Bonchev–Trinajstić information content (AvgIpc) is 2.78. The van der Waals surface area contributed by atoms with Gasteiger partial charge in [0.15, 0.2) is 0 Å². The minimum absolute atomic E-state index is 0.0542. The maximum Gasteiger partial charge on any atom is 0.253 e. The zero-order valence-corrected chi connectivity index (χ0v) is 17.1. The number of carbonyl (C=O) groups is 1. The highest BCUT2D eigenvalue weighted by Gasteiger charge is 2.30. The van der Waals surface area contributed by atoms with Crippen LogP contribution in [0.15, 0.2) is 71.6 Å². The van der Waals surface area contributed by atoms with E-state index in [2.05, 4.69) is 0 Å². The van der Waals surface area contributed by atoms with Crippen molar-refractivity contribution < 1.29 is 13.2 Å². The molecule has 1 amide bonds. The molecule has 0 saturated carbocycles. The summed E-state index contributed by atoms with van der Waals surface area (Å²) < 4.78 is 27.6. The first-order chi connectivity index (χ1) is 14.4. The highest BCUT2D eigenvalue weighted by molar-refractivity contribution is 7.89. The number of nitrogens with zero attached hydrogens (tertiary/aromatic N) is 2. The number of amides is 1. The second-order valence-corrected chi connectivity index (χ2v) is 9.13. The minimum Gasteiger partial charge on any atom is -0.384 e. The second kappa shape index (κ2) is 7.89. The molecule has 3 aromatic carbocycles. The number of nitrogens with two attached hydrogens (primary N) is 1. The highest BCUT2D eigenvalue weighted by atomic mass is 32.2. The van der Waals surface area contributed by atoms with Crippen LogP contribution in [0.2, 0.25) is 0 Å². The molecule has 0 unspecified atom stereocenters. The van der Waals surface area contributed by atoms with Crippen LogP contribution in [0.4, 0.5) is 0 Å². The fourth-order valence-electron chi connectivity index (χ4n) is 3.58. The molecule has 0 radical (unpaired) electrons. The lowest BCUT2D eigenvalue weighted by Crippen LogP contribution is -2.50. The normalized spacial score (nSPS) is 15.3. The Morgan fingerprint density at radius 2 is 1.43 bits per heavy atom. The van der Waals surface area contributed by atoms with Gasteiger partial charge in [0.25, 0.3) is 5.91 Å². The van der Waals surface area contributed by atoms with Crippen LogP contribution >= 0.6 is 0 Å². The number of carbonyl (C=O) groups excluding carboxylic acids is 1. The number of amidine groups is 1. The fourth-order valence-corrected chi connectivity index (χ4v) is 5.04. The van der Waals surface area contributed by atoms with E-state index in [4.69, 9.17) is 11.1 Å². The lowest BCUT2D eigenvalue weighted by Gasteiger charge is -2.34. The summed E-state index contributed by atoms with van der Waals surface area (Å²) in [4.78, 5) is 14.6. The van der Waals surface area contributed by atoms with Gasteiger partial charge < -0.3 is 10.6 Å². The van der Waals surface area contributed by atoms with E-state index >= 15 is 0 Å². The van der Waals surface area contributed by atoms with E-state index in [1.54, 1.807) is 41.3 Å². The topological polar surface area (TPSA) is 108 Å². The molecule has 1 aliphatic rings. The van der Waals surface area contributed by atoms with Gasteiger partial charge in [0.2, 0.25) is 10.0 Å². The zero-order chi connectivity index (χ0) is 21.3. The van der Waals surface area contributed by atoms with Gasteiger partial charge in [-0.2, -0.15) is 4.31 Å². The summed E-state index contributed by atoms with van der Waals surface area (Å²) in [6.07, 6.45) is 0. The maximum absolute atomic E-state index is 13.1. The molecular weight excluding hydrogens is 400 g/mol. The summed E-state index contributed by atoms with van der Waals surface area (Å²) in [5.41, 5.74) is 6.49. The van der Waals surface area contributed by atoms with Gasteiger partial charge in [-0.1, -0.05) is 42.5 Å². The number of nitrogen functional groups attached to an aromatic ring is 1. The van der Waals surface area contributed by atoms with Gasteiger partial charge >= 0.3 is 0 Å². The Balaban J connectivity index is 1.46. The molecular formula is C22H22N4O3S. The third-order valence-electron chi connectivity index (χ3n) is 5.33. The molecule has 154 valence electrons. The second-order valence-electron chi connectivity index (χ2n) is 7.20. The van der Waals surface area contributed by atoms with Crippen LogP contribution in [0.25, 0.3) is 10.8 Å². The number of hydrogen-bond donors (Lipinski definition) is 2. The van der Waals surface area contributed by atoms with E-state index in [0.717, 1.165) is 10.8 Å². The molecule has 30 heavy (non-hydrogen) atoms. The van der Waals surface area contributed by atoms with Crippen molar-refractivity contribution in [3.8, 4) is 0 Å². The molecule has 0 aromatic heterocycles. The van der Waals surface area contributed by atoms with Crippen LogP contribution in [0.1, 0.15) is 15.9 Å². The van der Waals surface area contributed by atoms with Crippen LogP contribution in [-0.2, 0) is 10.0 Å². The third-order valence-corrected chi connectivity index (χ3v) is 7.22. The Morgan fingerprint density at radius 1 is 0.833 bits per heavy atom. The smallest absolute Gasteiger partial charge is 0.253 e. The summed E-state index contributed by atoms with van der Waals surface area (Å²) in [5.74, 6) is -0.214. The molecule has 0 atom stereocenters. The molecule has 1 fully saturated rings. The van der Waals surface area contributed by atoms with Gasteiger partial charge in [0.05, 0.1) is 4.90 Å². The summed E-state index contributed by atoms with van der Waals surface area (Å²) >= 11 is 0. The van der Waals surface area contributed by atoms with Crippen molar-refractivity contribution in [1.82, 2.24) is 9.21 Å². The van der Waals surface area contributed by atoms with Crippen molar-refractivity contribution in [2.45, 2.75) is 4.90 Å². The van der Waals surface area contributed by atoms with Crippen LogP contribution < -0.4 is 5.73 Å². The number of hydrogen-bond acceptors (Lipinski definition) is 4. The molecule has 1 heterocycles. The average molecular weight is 423 g/mol. The number of benzene rings is 3. The molecule has 0 aliphatic carbocycles. The summed E-state index contributed by atoms with van der Waals surface area (Å²) in [5, 5.41) is 9.29. The Kier molecular flexibility index (Phi) is 5.27. The molecule has 3 aromatic rings. The number of rotatable bonds is 4. The van der Waals surface area contributed by atoms with Gasteiger partial charge in [0, 0.05) is 37.3 Å². The Hall–Kier alpha value is -3.23. The fraction of sp³-hybridized carbons (Fsp3) is 0.182. The van der Waals surface area contributed by atoms with Crippen molar-refractivity contribution in [1.29, 1.82) is 5.41 Å². The summed E-state index contributed by atoms with van der Waals surface area (Å²) in [7, 11) is -3.62. The lowest BCUT2D eigenvalue weighted by molar-refractivity contribution is 0.0698. The molecule has 0 bridgehead atoms. The van der Waals surface area contributed by atoms with Gasteiger partial charge in [-0.25, -0.2) is 8.42 Å². The molecule has 8 heteroatoms. The molecule has 7 nitrogen and oxygen atoms in total. The predicted molar refractivity (Wildman–Crippen MR) is 116 cm³/mol. The monoisotopic (exact) mass is 422 g/mol. The Bertz CT molecular complexity index is 1210. The van der Waals surface area contributed by atoms with Gasteiger partial charge in [-0.15, -0.1) is 0 Å². The number of piperazine rings is 1. The maximum atomic E-state index is 13.1. The number of sulfonamides is 1. The quantitative estimate of drug-likeness (QED) is 0.497. The Morgan fingerprint density at radius 3 is 2.07 bits per heavy atom. The SMILES string of the molecule is N=C(N)c1ccc(C(=O)N2CCN(S(=O)(=O)c3ccc4ccccc4c3)CC2)cc1. The van der Waals surface area contributed by atoms with E-state index in [9.17, 15) is 13.2 Å². The molecule has 4 rings (SSSR count). The predicted octanol–water partition coefficient (Wildman–Crippen LogP) is 2.27. The van der Waals surface area contributed by atoms with Crippen LogP contribution in [0.5, 0.6) is 0 Å². The molecule has 1 aliphatic heterocycles.